The average molecular weight is 418 g/mol. The van der Waals surface area contributed by atoms with Gasteiger partial charge in [0.25, 0.3) is 0 Å². The molecular weight excluding hydrogens is 390 g/mol. The van der Waals surface area contributed by atoms with E-state index in [0.717, 1.165) is 11.1 Å². The van der Waals surface area contributed by atoms with Gasteiger partial charge in [-0.2, -0.15) is 0 Å². The van der Waals surface area contributed by atoms with Crippen LogP contribution >= 0.6 is 11.6 Å². The number of esters is 1. The highest BCUT2D eigenvalue weighted by Gasteiger charge is 2.34. The number of hydrogen-bond acceptors (Lipinski definition) is 5. The highest BCUT2D eigenvalue weighted by Crippen LogP contribution is 2.38. The van der Waals surface area contributed by atoms with Crippen molar-refractivity contribution in [3.05, 3.63) is 51.8 Å². The molecule has 0 saturated carbocycles. The van der Waals surface area contributed by atoms with E-state index < -0.39 is 17.7 Å². The van der Waals surface area contributed by atoms with Gasteiger partial charge < -0.3 is 9.47 Å². The normalized spacial score (nSPS) is 12.6. The van der Waals surface area contributed by atoms with Gasteiger partial charge in [-0.05, 0) is 63.4 Å². The molecule has 6 heteroatoms. The van der Waals surface area contributed by atoms with Crippen LogP contribution in [0.15, 0.2) is 24.3 Å². The van der Waals surface area contributed by atoms with Crippen molar-refractivity contribution in [3.63, 3.8) is 0 Å². The predicted octanol–water partition coefficient (Wildman–Crippen LogP) is 5.64. The number of halogens is 1. The minimum Gasteiger partial charge on any atom is -0.467 e. The standard InChI is InChI=1S/C23H28ClNO4/c1-8-17(26)20-13(2)18(15-9-11-16(24)12-10-15)19(14(3)25-20)21(22(27)28-7)29-23(4,5)6/h9-12,21H,8H2,1-7H3/t21-/m0/s1. The summed E-state index contributed by atoms with van der Waals surface area (Å²) in [4.78, 5) is 29.8. The molecular formula is C23H28ClNO4. The first-order valence-corrected chi connectivity index (χ1v) is 9.93. The number of pyridine rings is 1. The van der Waals surface area contributed by atoms with Gasteiger partial charge in [-0.1, -0.05) is 30.7 Å². The number of ether oxygens (including phenoxy) is 2. The molecule has 2 aromatic rings. The number of methoxy groups -OCH3 is 1. The molecule has 0 aliphatic carbocycles. The molecule has 0 saturated heterocycles. The number of benzene rings is 1. The minimum absolute atomic E-state index is 0.0567. The summed E-state index contributed by atoms with van der Waals surface area (Å²) in [7, 11) is 1.33. The van der Waals surface area contributed by atoms with Crippen LogP contribution in [0.1, 0.15) is 67.5 Å². The van der Waals surface area contributed by atoms with Crippen molar-refractivity contribution < 1.29 is 19.1 Å². The first-order valence-electron chi connectivity index (χ1n) is 9.56. The number of carbonyl (C=O) groups excluding carboxylic acids is 2. The Morgan fingerprint density at radius 3 is 2.21 bits per heavy atom. The number of aryl methyl sites for hydroxylation is 1. The van der Waals surface area contributed by atoms with Gasteiger partial charge >= 0.3 is 5.97 Å². The van der Waals surface area contributed by atoms with Gasteiger partial charge in [-0.15, -0.1) is 0 Å². The Kier molecular flexibility index (Phi) is 7.20. The molecule has 0 radical (unpaired) electrons. The highest BCUT2D eigenvalue weighted by molar-refractivity contribution is 6.30. The smallest absolute Gasteiger partial charge is 0.339 e. The molecule has 0 amide bonds. The zero-order valence-electron chi connectivity index (χ0n) is 18.1. The van der Waals surface area contributed by atoms with Gasteiger partial charge in [-0.25, -0.2) is 9.78 Å². The summed E-state index contributed by atoms with van der Waals surface area (Å²) in [5.41, 5.74) is 3.21. The van der Waals surface area contributed by atoms with E-state index in [4.69, 9.17) is 21.1 Å². The van der Waals surface area contributed by atoms with Crippen molar-refractivity contribution in [1.82, 2.24) is 4.98 Å². The third-order valence-corrected chi connectivity index (χ3v) is 4.79. The molecule has 0 unspecified atom stereocenters. The number of hydrogen-bond donors (Lipinski definition) is 0. The van der Waals surface area contributed by atoms with Crippen LogP contribution in [-0.4, -0.2) is 29.4 Å². The molecule has 5 nitrogen and oxygen atoms in total. The topological polar surface area (TPSA) is 65.5 Å². The second kappa shape index (κ2) is 9.06. The number of Topliss-reactive ketones (excluding diaryl/α,β-unsaturated/α-hetero) is 1. The van der Waals surface area contributed by atoms with Crippen LogP contribution in [0.5, 0.6) is 0 Å². The molecule has 1 atom stereocenters. The summed E-state index contributed by atoms with van der Waals surface area (Å²) in [5.74, 6) is -0.576. The first-order chi connectivity index (χ1) is 13.5. The molecule has 2 rings (SSSR count). The van der Waals surface area contributed by atoms with Crippen molar-refractivity contribution >= 4 is 23.4 Å². The number of nitrogens with zero attached hydrogens (tertiary/aromatic N) is 1. The van der Waals surface area contributed by atoms with Crippen LogP contribution in [0, 0.1) is 13.8 Å². The minimum atomic E-state index is -0.984. The van der Waals surface area contributed by atoms with Gasteiger partial charge in [0.1, 0.15) is 5.69 Å². The summed E-state index contributed by atoms with van der Waals surface area (Å²) in [5, 5.41) is 0.596. The van der Waals surface area contributed by atoms with E-state index in [1.807, 2.05) is 39.8 Å². The summed E-state index contributed by atoms with van der Waals surface area (Å²) in [6.45, 7) is 11.0. The summed E-state index contributed by atoms with van der Waals surface area (Å²) >= 11 is 6.07. The van der Waals surface area contributed by atoms with E-state index in [1.165, 1.54) is 7.11 Å². The van der Waals surface area contributed by atoms with Crippen LogP contribution in [0.3, 0.4) is 0 Å². The second-order valence-corrected chi connectivity index (χ2v) is 8.31. The lowest BCUT2D eigenvalue weighted by Gasteiger charge is -2.29. The van der Waals surface area contributed by atoms with Crippen LogP contribution in [0.4, 0.5) is 0 Å². The molecule has 0 aliphatic rings. The Bertz CT molecular complexity index is 914. The first kappa shape index (κ1) is 23.0. The monoisotopic (exact) mass is 417 g/mol. The zero-order chi connectivity index (χ0) is 21.9. The summed E-state index contributed by atoms with van der Waals surface area (Å²) < 4.78 is 11.1. The van der Waals surface area contributed by atoms with Gasteiger partial charge in [0.15, 0.2) is 11.9 Å². The third kappa shape index (κ3) is 5.22. The third-order valence-electron chi connectivity index (χ3n) is 4.54. The summed E-state index contributed by atoms with van der Waals surface area (Å²) in [6.07, 6.45) is -0.645. The van der Waals surface area contributed by atoms with Crippen molar-refractivity contribution in [1.29, 1.82) is 0 Å². The van der Waals surface area contributed by atoms with E-state index in [2.05, 4.69) is 4.98 Å². The lowest BCUT2D eigenvalue weighted by molar-refractivity contribution is -0.164. The van der Waals surface area contributed by atoms with Crippen molar-refractivity contribution in [3.8, 4) is 11.1 Å². The summed E-state index contributed by atoms with van der Waals surface area (Å²) in [6, 6.07) is 7.27. The number of rotatable bonds is 6. The number of ketones is 1. The van der Waals surface area contributed by atoms with Crippen molar-refractivity contribution in [2.45, 2.75) is 59.7 Å². The maximum atomic E-state index is 12.7. The number of aromatic nitrogens is 1. The predicted molar refractivity (Wildman–Crippen MR) is 114 cm³/mol. The quantitative estimate of drug-likeness (QED) is 0.449. The fourth-order valence-corrected chi connectivity index (χ4v) is 3.37. The molecule has 1 heterocycles. The Balaban J connectivity index is 2.88. The van der Waals surface area contributed by atoms with Crippen LogP contribution < -0.4 is 0 Å². The lowest BCUT2D eigenvalue weighted by Crippen LogP contribution is -2.29. The maximum Gasteiger partial charge on any atom is 0.339 e. The SMILES string of the molecule is CCC(=O)c1nc(C)c([C@H](OC(C)(C)C)C(=O)OC)c(-c2ccc(Cl)cc2)c1C. The van der Waals surface area contributed by atoms with E-state index >= 15 is 0 Å². The fourth-order valence-electron chi connectivity index (χ4n) is 3.25. The largest absolute Gasteiger partial charge is 0.467 e. The Morgan fingerprint density at radius 1 is 1.14 bits per heavy atom. The molecule has 0 spiro atoms. The Labute approximate surface area is 177 Å². The molecule has 156 valence electrons. The molecule has 0 bridgehead atoms. The van der Waals surface area contributed by atoms with Crippen molar-refractivity contribution in [2.24, 2.45) is 0 Å². The molecule has 0 aliphatic heterocycles. The van der Waals surface area contributed by atoms with Gasteiger partial charge in [-0.3, -0.25) is 4.79 Å². The van der Waals surface area contributed by atoms with Crippen molar-refractivity contribution in [2.75, 3.05) is 7.11 Å². The fraction of sp³-hybridized carbons (Fsp3) is 0.435. The molecule has 1 aromatic heterocycles. The maximum absolute atomic E-state index is 12.7. The van der Waals surface area contributed by atoms with Gasteiger partial charge in [0.2, 0.25) is 0 Å². The van der Waals surface area contributed by atoms with Gasteiger partial charge in [0, 0.05) is 22.7 Å². The number of carbonyl (C=O) groups is 2. The Morgan fingerprint density at radius 2 is 1.72 bits per heavy atom. The van der Waals surface area contributed by atoms with E-state index in [-0.39, 0.29) is 5.78 Å². The van der Waals surface area contributed by atoms with E-state index in [9.17, 15) is 9.59 Å². The van der Waals surface area contributed by atoms with Crippen LogP contribution in [-0.2, 0) is 14.3 Å². The highest BCUT2D eigenvalue weighted by atomic mass is 35.5. The van der Waals surface area contributed by atoms with Crippen LogP contribution in [0.2, 0.25) is 5.02 Å². The van der Waals surface area contributed by atoms with E-state index in [0.29, 0.717) is 34.0 Å². The Hall–Kier alpha value is -2.24. The van der Waals surface area contributed by atoms with E-state index in [1.54, 1.807) is 26.0 Å². The molecule has 29 heavy (non-hydrogen) atoms. The van der Waals surface area contributed by atoms with Crippen LogP contribution in [0.25, 0.3) is 11.1 Å². The second-order valence-electron chi connectivity index (χ2n) is 7.88. The molecule has 1 aromatic carbocycles. The molecule has 0 fully saturated rings. The molecule has 0 N–H and O–H groups in total. The van der Waals surface area contributed by atoms with Gasteiger partial charge in [0.05, 0.1) is 12.7 Å². The zero-order valence-corrected chi connectivity index (χ0v) is 18.8. The average Bonchev–Trinajstić information content (AvgIpc) is 2.66. The lowest BCUT2D eigenvalue weighted by atomic mass is 9.89.